The number of hydrogen-bond acceptors (Lipinski definition) is 3. The summed E-state index contributed by atoms with van der Waals surface area (Å²) >= 11 is 1.31. The van der Waals surface area contributed by atoms with Gasteiger partial charge in [-0.25, -0.2) is 0 Å². The summed E-state index contributed by atoms with van der Waals surface area (Å²) in [6, 6.07) is 5.54. The van der Waals surface area contributed by atoms with E-state index in [1.807, 2.05) is 19.1 Å². The molecule has 72 valence electrons. The fraction of sp³-hybridized carbons (Fsp3) is 0.182. The molecule has 1 N–H and O–H groups in total. The van der Waals surface area contributed by atoms with Gasteiger partial charge < -0.3 is 5.11 Å². The first kappa shape index (κ1) is 9.21. The van der Waals surface area contributed by atoms with Gasteiger partial charge in [0.15, 0.2) is 11.3 Å². The second kappa shape index (κ2) is 3.42. The van der Waals surface area contributed by atoms with E-state index >= 15 is 0 Å². The minimum absolute atomic E-state index is 0.261. The van der Waals surface area contributed by atoms with Crippen LogP contribution in [0.15, 0.2) is 18.2 Å². The molecule has 3 heteroatoms. The van der Waals surface area contributed by atoms with Gasteiger partial charge in [0.25, 0.3) is 0 Å². The molecule has 0 unspecified atom stereocenters. The lowest BCUT2D eigenvalue weighted by atomic mass is 10.1. The standard InChI is InChI=1S/C11H10O2S/c1-2-7-3-8(6-12)9-5-11(13)14-10(9)4-7/h3-6,13H,2H2,1H3. The molecule has 2 rings (SSSR count). The Morgan fingerprint density at radius 1 is 1.43 bits per heavy atom. The van der Waals surface area contributed by atoms with Gasteiger partial charge in [-0.15, -0.1) is 0 Å². The highest BCUT2D eigenvalue weighted by Gasteiger charge is 2.06. The maximum Gasteiger partial charge on any atom is 0.172 e. The summed E-state index contributed by atoms with van der Waals surface area (Å²) in [5, 5.41) is 10.4. The van der Waals surface area contributed by atoms with Crippen molar-refractivity contribution < 1.29 is 9.90 Å². The van der Waals surface area contributed by atoms with Crippen LogP contribution >= 0.6 is 11.3 Å². The highest BCUT2D eigenvalue weighted by atomic mass is 32.1. The zero-order valence-electron chi connectivity index (χ0n) is 7.78. The smallest absolute Gasteiger partial charge is 0.172 e. The largest absolute Gasteiger partial charge is 0.499 e. The number of aryl methyl sites for hydroxylation is 1. The predicted octanol–water partition coefficient (Wildman–Crippen LogP) is 2.98. The van der Waals surface area contributed by atoms with Crippen molar-refractivity contribution in [1.29, 1.82) is 0 Å². The number of carbonyl (C=O) groups excluding carboxylic acids is 1. The summed E-state index contributed by atoms with van der Waals surface area (Å²) in [7, 11) is 0. The first-order chi connectivity index (χ1) is 6.74. The highest BCUT2D eigenvalue weighted by molar-refractivity contribution is 7.20. The van der Waals surface area contributed by atoms with Gasteiger partial charge in [0.1, 0.15) is 0 Å². The van der Waals surface area contributed by atoms with Crippen LogP contribution in [-0.4, -0.2) is 11.4 Å². The molecular weight excluding hydrogens is 196 g/mol. The number of fused-ring (bicyclic) bond motifs is 1. The second-order valence-electron chi connectivity index (χ2n) is 3.15. The molecule has 0 bridgehead atoms. The molecular formula is C11H10O2S. The lowest BCUT2D eigenvalue weighted by molar-refractivity contribution is 0.112. The van der Waals surface area contributed by atoms with E-state index in [2.05, 4.69) is 0 Å². The summed E-state index contributed by atoms with van der Waals surface area (Å²) in [6.07, 6.45) is 1.74. The average Bonchev–Trinajstić information content (AvgIpc) is 2.56. The zero-order chi connectivity index (χ0) is 10.1. The molecule has 0 amide bonds. The van der Waals surface area contributed by atoms with Crippen molar-refractivity contribution in [3.63, 3.8) is 0 Å². The lowest BCUT2D eigenvalue weighted by Gasteiger charge is -1.99. The Morgan fingerprint density at radius 2 is 2.21 bits per heavy atom. The fourth-order valence-electron chi connectivity index (χ4n) is 1.51. The summed E-state index contributed by atoms with van der Waals surface area (Å²) in [6.45, 7) is 2.04. The number of hydrogen-bond donors (Lipinski definition) is 1. The van der Waals surface area contributed by atoms with E-state index in [0.29, 0.717) is 5.56 Å². The van der Waals surface area contributed by atoms with Gasteiger partial charge in [0, 0.05) is 21.7 Å². The van der Waals surface area contributed by atoms with Crippen molar-refractivity contribution in [2.75, 3.05) is 0 Å². The maximum atomic E-state index is 10.8. The van der Waals surface area contributed by atoms with E-state index in [4.69, 9.17) is 0 Å². The molecule has 1 heterocycles. The molecule has 0 aliphatic carbocycles. The number of rotatable bonds is 2. The van der Waals surface area contributed by atoms with E-state index in [1.165, 1.54) is 11.3 Å². The lowest BCUT2D eigenvalue weighted by Crippen LogP contribution is -1.85. The molecule has 0 fully saturated rings. The van der Waals surface area contributed by atoms with Crippen LogP contribution in [-0.2, 0) is 6.42 Å². The minimum atomic E-state index is 0.261. The summed E-state index contributed by atoms with van der Waals surface area (Å²) < 4.78 is 0.976. The number of aldehydes is 1. The van der Waals surface area contributed by atoms with Crippen molar-refractivity contribution in [1.82, 2.24) is 0 Å². The Kier molecular flexibility index (Phi) is 2.25. The number of benzene rings is 1. The number of aromatic hydroxyl groups is 1. The Labute approximate surface area is 85.8 Å². The third-order valence-electron chi connectivity index (χ3n) is 2.25. The third-order valence-corrected chi connectivity index (χ3v) is 3.14. The molecule has 1 aromatic carbocycles. The van der Waals surface area contributed by atoms with E-state index in [9.17, 15) is 9.90 Å². The first-order valence-corrected chi connectivity index (χ1v) is 5.27. The molecule has 14 heavy (non-hydrogen) atoms. The summed E-state index contributed by atoms with van der Waals surface area (Å²) in [5.74, 6) is 0. The van der Waals surface area contributed by atoms with Crippen LogP contribution in [0.3, 0.4) is 0 Å². The van der Waals surface area contributed by atoms with Crippen LogP contribution < -0.4 is 0 Å². The molecule has 2 nitrogen and oxygen atoms in total. The van der Waals surface area contributed by atoms with E-state index in [1.54, 1.807) is 6.07 Å². The third kappa shape index (κ3) is 1.40. The van der Waals surface area contributed by atoms with Crippen molar-refractivity contribution in [2.45, 2.75) is 13.3 Å². The molecule has 0 aliphatic rings. The monoisotopic (exact) mass is 206 g/mol. The predicted molar refractivity (Wildman–Crippen MR) is 58.3 cm³/mol. The van der Waals surface area contributed by atoms with Crippen LogP contribution in [0.25, 0.3) is 10.1 Å². The topological polar surface area (TPSA) is 37.3 Å². The molecule has 2 aromatic rings. The maximum absolute atomic E-state index is 10.8. The van der Waals surface area contributed by atoms with Gasteiger partial charge in [-0.3, -0.25) is 4.79 Å². The quantitative estimate of drug-likeness (QED) is 0.767. The summed E-state index contributed by atoms with van der Waals surface area (Å²) in [5.41, 5.74) is 1.79. The Bertz CT molecular complexity index is 485. The minimum Gasteiger partial charge on any atom is -0.499 e. The zero-order valence-corrected chi connectivity index (χ0v) is 8.60. The highest BCUT2D eigenvalue weighted by Crippen LogP contribution is 2.33. The van der Waals surface area contributed by atoms with Crippen LogP contribution in [0.5, 0.6) is 5.06 Å². The van der Waals surface area contributed by atoms with Crippen LogP contribution in [0.1, 0.15) is 22.8 Å². The van der Waals surface area contributed by atoms with Crippen molar-refractivity contribution in [2.24, 2.45) is 0 Å². The van der Waals surface area contributed by atoms with Gasteiger partial charge >= 0.3 is 0 Å². The molecule has 0 atom stereocenters. The average molecular weight is 206 g/mol. The second-order valence-corrected chi connectivity index (χ2v) is 4.22. The molecule has 0 aliphatic heterocycles. The van der Waals surface area contributed by atoms with E-state index in [0.717, 1.165) is 28.4 Å². The van der Waals surface area contributed by atoms with Gasteiger partial charge in [-0.1, -0.05) is 18.3 Å². The fourth-order valence-corrected chi connectivity index (χ4v) is 2.41. The Balaban J connectivity index is 2.78. The molecule has 0 radical (unpaired) electrons. The van der Waals surface area contributed by atoms with Gasteiger partial charge in [-0.2, -0.15) is 0 Å². The molecule has 1 aromatic heterocycles. The number of carbonyl (C=O) groups is 1. The Hall–Kier alpha value is -1.35. The van der Waals surface area contributed by atoms with Crippen molar-refractivity contribution in [3.05, 3.63) is 29.3 Å². The molecule has 0 saturated heterocycles. The van der Waals surface area contributed by atoms with Crippen LogP contribution in [0.2, 0.25) is 0 Å². The number of thiophene rings is 1. The van der Waals surface area contributed by atoms with Gasteiger partial charge in [-0.05, 0) is 24.1 Å². The molecule has 0 saturated carbocycles. The van der Waals surface area contributed by atoms with Gasteiger partial charge in [0.05, 0.1) is 0 Å². The SMILES string of the molecule is CCc1cc(C=O)c2cc(O)sc2c1. The Morgan fingerprint density at radius 3 is 2.86 bits per heavy atom. The van der Waals surface area contributed by atoms with Crippen LogP contribution in [0.4, 0.5) is 0 Å². The van der Waals surface area contributed by atoms with Crippen molar-refractivity contribution >= 4 is 27.7 Å². The molecule has 0 spiro atoms. The van der Waals surface area contributed by atoms with Crippen molar-refractivity contribution in [3.8, 4) is 5.06 Å². The first-order valence-electron chi connectivity index (χ1n) is 4.45. The van der Waals surface area contributed by atoms with Crippen LogP contribution in [0, 0.1) is 0 Å². The van der Waals surface area contributed by atoms with E-state index in [-0.39, 0.29) is 5.06 Å². The van der Waals surface area contributed by atoms with E-state index < -0.39 is 0 Å². The summed E-state index contributed by atoms with van der Waals surface area (Å²) in [4.78, 5) is 10.8. The van der Waals surface area contributed by atoms with Gasteiger partial charge in [0.2, 0.25) is 0 Å². The normalized spacial score (nSPS) is 10.6.